The molecular formula is C7H5NTe. The van der Waals surface area contributed by atoms with Crippen molar-refractivity contribution in [3.8, 4) is 0 Å². The van der Waals surface area contributed by atoms with E-state index in [1.54, 1.807) is 0 Å². The molecule has 2 heteroatoms. The molecule has 9 heavy (non-hydrogen) atoms. The zero-order valence-electron chi connectivity index (χ0n) is 4.72. The van der Waals surface area contributed by atoms with Crippen molar-refractivity contribution in [2.45, 2.75) is 0 Å². The van der Waals surface area contributed by atoms with Crippen molar-refractivity contribution < 1.29 is 0 Å². The van der Waals surface area contributed by atoms with E-state index in [0.717, 1.165) is 0 Å². The van der Waals surface area contributed by atoms with Gasteiger partial charge in [0.25, 0.3) is 0 Å². The van der Waals surface area contributed by atoms with Gasteiger partial charge in [-0.3, -0.25) is 0 Å². The zero-order valence-corrected chi connectivity index (χ0v) is 7.05. The van der Waals surface area contributed by atoms with Crippen molar-refractivity contribution in [1.82, 2.24) is 4.98 Å². The first-order valence-electron chi connectivity index (χ1n) is 2.78. The SMILES string of the molecule is [Te]=C1C=Cc2cc[nH]c21. The van der Waals surface area contributed by atoms with E-state index in [1.807, 2.05) is 28.0 Å². The second-order valence-corrected chi connectivity index (χ2v) is 3.26. The van der Waals surface area contributed by atoms with E-state index >= 15 is 0 Å². The minimum atomic E-state index is 1.28. The van der Waals surface area contributed by atoms with E-state index in [0.29, 0.717) is 0 Å². The quantitative estimate of drug-likeness (QED) is 0.633. The Labute approximate surface area is 66.2 Å². The fourth-order valence-electron chi connectivity index (χ4n) is 0.983. The molecule has 0 bridgehead atoms. The van der Waals surface area contributed by atoms with Gasteiger partial charge in [0.15, 0.2) is 0 Å². The monoisotopic (exact) mass is 233 g/mol. The van der Waals surface area contributed by atoms with Gasteiger partial charge in [-0.2, -0.15) is 0 Å². The van der Waals surface area contributed by atoms with Crippen molar-refractivity contribution in [3.63, 3.8) is 0 Å². The second-order valence-electron chi connectivity index (χ2n) is 2.01. The molecule has 1 nitrogen and oxygen atoms in total. The van der Waals surface area contributed by atoms with Crippen LogP contribution in [0.1, 0.15) is 11.3 Å². The molecule has 0 saturated carbocycles. The Bertz CT molecular complexity index is 283. The molecular weight excluding hydrogens is 226 g/mol. The fourth-order valence-corrected chi connectivity index (χ4v) is 1.68. The van der Waals surface area contributed by atoms with E-state index in [4.69, 9.17) is 0 Å². The number of nitrogens with one attached hydrogen (secondary N) is 1. The Morgan fingerprint density at radius 3 is 3.00 bits per heavy atom. The molecule has 44 valence electrons. The van der Waals surface area contributed by atoms with Crippen molar-refractivity contribution in [1.29, 1.82) is 0 Å². The van der Waals surface area contributed by atoms with Crippen LogP contribution < -0.4 is 0 Å². The topological polar surface area (TPSA) is 15.8 Å². The van der Waals surface area contributed by atoms with Crippen LogP contribution in [-0.2, 0) is 0 Å². The predicted octanol–water partition coefficient (Wildman–Crippen LogP) is 0.730. The first kappa shape index (κ1) is 5.46. The van der Waals surface area contributed by atoms with E-state index in [2.05, 4.69) is 23.2 Å². The molecule has 1 N–H and O–H groups in total. The molecule has 0 amide bonds. The molecule has 0 aromatic carbocycles. The molecule has 0 spiro atoms. The first-order valence-corrected chi connectivity index (χ1v) is 3.94. The van der Waals surface area contributed by atoms with Crippen molar-refractivity contribution in [2.75, 3.05) is 0 Å². The fraction of sp³-hybridized carbons (Fsp3) is 0. The van der Waals surface area contributed by atoms with Gasteiger partial charge in [0.05, 0.1) is 0 Å². The van der Waals surface area contributed by atoms with Crippen LogP contribution >= 0.6 is 0 Å². The number of hydrogen-bond donors (Lipinski definition) is 1. The standard InChI is InChI=1S/C7H5NTe/c9-6-2-1-5-3-4-8-7(5)6/h1-4,8H. The summed E-state index contributed by atoms with van der Waals surface area (Å²) < 4.78 is 1.34. The summed E-state index contributed by atoms with van der Waals surface area (Å²) in [4.78, 5) is 3.17. The van der Waals surface area contributed by atoms with Crippen LogP contribution in [0, 0.1) is 0 Å². The molecule has 0 unspecified atom stereocenters. The van der Waals surface area contributed by atoms with Crippen LogP contribution in [0.5, 0.6) is 0 Å². The van der Waals surface area contributed by atoms with Gasteiger partial charge >= 0.3 is 66.0 Å². The Morgan fingerprint density at radius 1 is 1.33 bits per heavy atom. The number of aromatic amines is 1. The van der Waals surface area contributed by atoms with Crippen molar-refractivity contribution in [3.05, 3.63) is 29.6 Å². The van der Waals surface area contributed by atoms with Crippen molar-refractivity contribution >= 4 is 31.4 Å². The van der Waals surface area contributed by atoms with Crippen LogP contribution in [0.25, 0.3) is 6.08 Å². The van der Waals surface area contributed by atoms with Gasteiger partial charge in [-0.1, -0.05) is 0 Å². The molecule has 1 heterocycles. The minimum absolute atomic E-state index is 1.28. The first-order chi connectivity index (χ1) is 4.38. The number of allylic oxidation sites excluding steroid dienone is 1. The van der Waals surface area contributed by atoms with Crippen LogP contribution in [0.15, 0.2) is 18.3 Å². The molecule has 0 radical (unpaired) electrons. The van der Waals surface area contributed by atoms with E-state index in [-0.39, 0.29) is 0 Å². The Morgan fingerprint density at radius 2 is 2.22 bits per heavy atom. The Balaban J connectivity index is 2.73. The average molecular weight is 231 g/mol. The van der Waals surface area contributed by atoms with Gasteiger partial charge < -0.3 is 0 Å². The van der Waals surface area contributed by atoms with Gasteiger partial charge in [-0.15, -0.1) is 0 Å². The maximum atomic E-state index is 3.17. The van der Waals surface area contributed by atoms with Gasteiger partial charge in [0.1, 0.15) is 0 Å². The normalized spacial score (nSPS) is 14.4. The third-order valence-electron chi connectivity index (χ3n) is 1.44. The number of aromatic nitrogens is 1. The summed E-state index contributed by atoms with van der Waals surface area (Å²) in [7, 11) is 0. The average Bonchev–Trinajstić information content (AvgIpc) is 2.35. The number of rotatable bonds is 0. The van der Waals surface area contributed by atoms with E-state index in [1.165, 1.54) is 14.8 Å². The Kier molecular flexibility index (Phi) is 1.11. The molecule has 1 aromatic rings. The molecule has 0 fully saturated rings. The predicted molar refractivity (Wildman–Crippen MR) is 39.7 cm³/mol. The van der Waals surface area contributed by atoms with Crippen LogP contribution in [0.4, 0.5) is 0 Å². The maximum absolute atomic E-state index is 3.17. The van der Waals surface area contributed by atoms with Crippen LogP contribution in [0.2, 0.25) is 0 Å². The summed E-state index contributed by atoms with van der Waals surface area (Å²) >= 11 is 2.04. The van der Waals surface area contributed by atoms with E-state index in [9.17, 15) is 0 Å². The summed E-state index contributed by atoms with van der Waals surface area (Å²) in [6, 6.07) is 2.09. The molecule has 0 atom stereocenters. The van der Waals surface area contributed by atoms with Gasteiger partial charge in [0.2, 0.25) is 0 Å². The molecule has 0 saturated heterocycles. The van der Waals surface area contributed by atoms with E-state index < -0.39 is 0 Å². The summed E-state index contributed by atoms with van der Waals surface area (Å²) in [6.45, 7) is 0. The summed E-state index contributed by atoms with van der Waals surface area (Å²) in [5.74, 6) is 0. The van der Waals surface area contributed by atoms with Crippen molar-refractivity contribution in [2.24, 2.45) is 0 Å². The van der Waals surface area contributed by atoms with Crippen LogP contribution in [0.3, 0.4) is 0 Å². The molecule has 1 aromatic heterocycles. The summed E-state index contributed by atoms with van der Waals surface area (Å²) in [5, 5.41) is 0. The number of fused-ring (bicyclic) bond motifs is 1. The van der Waals surface area contributed by atoms with Crippen LogP contribution in [-0.4, -0.2) is 30.4 Å². The molecule has 1 aliphatic rings. The molecule has 0 aliphatic heterocycles. The molecule has 2 rings (SSSR count). The third-order valence-corrected chi connectivity index (χ3v) is 2.41. The van der Waals surface area contributed by atoms with Gasteiger partial charge in [-0.05, 0) is 0 Å². The van der Waals surface area contributed by atoms with Gasteiger partial charge in [-0.25, -0.2) is 0 Å². The second kappa shape index (κ2) is 1.83. The zero-order chi connectivity index (χ0) is 6.27. The molecule has 1 aliphatic carbocycles. The van der Waals surface area contributed by atoms with Gasteiger partial charge in [0, 0.05) is 0 Å². The summed E-state index contributed by atoms with van der Waals surface area (Å²) in [6.07, 6.45) is 6.23. The number of H-pyrrole nitrogens is 1. The number of hydrogen-bond acceptors (Lipinski definition) is 0. The summed E-state index contributed by atoms with van der Waals surface area (Å²) in [5.41, 5.74) is 2.59. The Hall–Kier alpha value is -0.320. The third kappa shape index (κ3) is 0.710.